The van der Waals surface area contributed by atoms with E-state index in [2.05, 4.69) is 5.16 Å². The molecule has 9 nitrogen and oxygen atoms in total. The van der Waals surface area contributed by atoms with Crippen LogP contribution in [0.5, 0.6) is 0 Å². The van der Waals surface area contributed by atoms with Crippen LogP contribution in [0.25, 0.3) is 0 Å². The lowest BCUT2D eigenvalue weighted by Crippen LogP contribution is -2.31. The molecule has 0 fully saturated rings. The van der Waals surface area contributed by atoms with Crippen molar-refractivity contribution in [2.45, 2.75) is 13.5 Å². The van der Waals surface area contributed by atoms with Crippen molar-refractivity contribution in [1.29, 1.82) is 0 Å². The summed E-state index contributed by atoms with van der Waals surface area (Å²) < 4.78 is 5.85. The van der Waals surface area contributed by atoms with Crippen molar-refractivity contribution >= 4 is 5.69 Å². The van der Waals surface area contributed by atoms with Crippen molar-refractivity contribution in [2.75, 3.05) is 0 Å². The third-order valence-corrected chi connectivity index (χ3v) is 2.19. The third kappa shape index (κ3) is 2.19. The van der Waals surface area contributed by atoms with Crippen LogP contribution >= 0.6 is 0 Å². The average Bonchev–Trinajstić information content (AvgIpc) is 2.67. The average molecular weight is 252 g/mol. The second kappa shape index (κ2) is 4.28. The monoisotopic (exact) mass is 252 g/mol. The van der Waals surface area contributed by atoms with Crippen LogP contribution in [0.2, 0.25) is 0 Å². The van der Waals surface area contributed by atoms with Crippen LogP contribution in [0, 0.1) is 17.0 Å². The molecule has 18 heavy (non-hydrogen) atoms. The Kier molecular flexibility index (Phi) is 2.80. The van der Waals surface area contributed by atoms with Crippen molar-refractivity contribution in [1.82, 2.24) is 14.7 Å². The first-order chi connectivity index (χ1) is 8.47. The van der Waals surface area contributed by atoms with Crippen LogP contribution in [0.3, 0.4) is 0 Å². The summed E-state index contributed by atoms with van der Waals surface area (Å²) in [5.41, 5.74) is -1.86. The summed E-state index contributed by atoms with van der Waals surface area (Å²) in [5.74, 6) is 0.357. The maximum atomic E-state index is 11.4. The molecule has 0 aromatic carbocycles. The second-order valence-corrected chi connectivity index (χ2v) is 3.59. The summed E-state index contributed by atoms with van der Waals surface area (Å²) in [4.78, 5) is 34.2. The van der Waals surface area contributed by atoms with Gasteiger partial charge in [-0.05, 0) is 6.92 Å². The summed E-state index contributed by atoms with van der Waals surface area (Å²) in [6, 6.07) is 1.59. The highest BCUT2D eigenvalue weighted by Gasteiger charge is 2.15. The molecule has 0 saturated heterocycles. The number of nitrogens with one attached hydrogen (secondary N) is 1. The van der Waals surface area contributed by atoms with Gasteiger partial charge in [0.2, 0.25) is 0 Å². The normalized spacial score (nSPS) is 10.5. The molecule has 0 unspecified atom stereocenters. The van der Waals surface area contributed by atoms with Gasteiger partial charge in [-0.3, -0.25) is 24.5 Å². The summed E-state index contributed by atoms with van der Waals surface area (Å²) in [6.45, 7) is 1.66. The lowest BCUT2D eigenvalue weighted by atomic mass is 10.4. The Hall–Kier alpha value is -2.71. The Labute approximate surface area is 98.8 Å². The van der Waals surface area contributed by atoms with Gasteiger partial charge in [0.1, 0.15) is 0 Å². The summed E-state index contributed by atoms with van der Waals surface area (Å²) in [6.07, 6.45) is 0.874. The minimum absolute atomic E-state index is 0.0444. The highest BCUT2D eigenvalue weighted by atomic mass is 16.6. The van der Waals surface area contributed by atoms with Crippen LogP contribution in [-0.2, 0) is 6.54 Å². The van der Waals surface area contributed by atoms with E-state index in [4.69, 9.17) is 4.52 Å². The van der Waals surface area contributed by atoms with Gasteiger partial charge >= 0.3 is 16.9 Å². The molecule has 0 aliphatic carbocycles. The minimum Gasteiger partial charge on any atom is -0.359 e. The molecule has 2 aromatic heterocycles. The molecule has 0 atom stereocenters. The van der Waals surface area contributed by atoms with E-state index in [9.17, 15) is 19.7 Å². The lowest BCUT2D eigenvalue weighted by Gasteiger charge is -2.00. The fourth-order valence-electron chi connectivity index (χ4n) is 1.40. The Bertz CT molecular complexity index is 710. The van der Waals surface area contributed by atoms with Crippen LogP contribution in [0.1, 0.15) is 11.5 Å². The number of nitrogens with zero attached hydrogens (tertiary/aromatic N) is 3. The van der Waals surface area contributed by atoms with E-state index < -0.39 is 21.9 Å². The van der Waals surface area contributed by atoms with Gasteiger partial charge in [0, 0.05) is 6.07 Å². The first-order valence-corrected chi connectivity index (χ1v) is 4.87. The Morgan fingerprint density at radius 2 is 2.28 bits per heavy atom. The first-order valence-electron chi connectivity index (χ1n) is 4.87. The number of aromatic amines is 1. The Morgan fingerprint density at radius 1 is 1.56 bits per heavy atom. The topological polar surface area (TPSA) is 124 Å². The molecule has 0 aliphatic rings. The minimum atomic E-state index is -1.03. The summed E-state index contributed by atoms with van der Waals surface area (Å²) >= 11 is 0. The van der Waals surface area contributed by atoms with Crippen molar-refractivity contribution in [3.8, 4) is 0 Å². The van der Waals surface area contributed by atoms with Gasteiger partial charge in [-0.2, -0.15) is 0 Å². The maximum absolute atomic E-state index is 11.4. The van der Waals surface area contributed by atoms with E-state index in [1.165, 1.54) is 0 Å². The van der Waals surface area contributed by atoms with E-state index in [-0.39, 0.29) is 6.54 Å². The number of hydrogen-bond acceptors (Lipinski definition) is 6. The number of aryl methyl sites for hydroxylation is 1. The molecule has 0 saturated carbocycles. The highest BCUT2D eigenvalue weighted by Crippen LogP contribution is 2.05. The number of hydrogen-bond donors (Lipinski definition) is 1. The van der Waals surface area contributed by atoms with Gasteiger partial charge in [0.25, 0.3) is 0 Å². The predicted octanol–water partition coefficient (Wildman–Crippen LogP) is -0.210. The van der Waals surface area contributed by atoms with Crippen molar-refractivity contribution < 1.29 is 9.45 Å². The van der Waals surface area contributed by atoms with E-state index in [0.29, 0.717) is 11.5 Å². The van der Waals surface area contributed by atoms with Crippen molar-refractivity contribution in [2.24, 2.45) is 0 Å². The van der Waals surface area contributed by atoms with E-state index >= 15 is 0 Å². The van der Waals surface area contributed by atoms with Gasteiger partial charge in [-0.1, -0.05) is 5.16 Å². The molecule has 0 bridgehead atoms. The number of rotatable bonds is 3. The number of H-pyrrole nitrogens is 1. The lowest BCUT2D eigenvalue weighted by molar-refractivity contribution is -0.386. The molecule has 9 heteroatoms. The zero-order chi connectivity index (χ0) is 13.3. The van der Waals surface area contributed by atoms with Crippen LogP contribution in [0.15, 0.2) is 26.4 Å². The van der Waals surface area contributed by atoms with Gasteiger partial charge in [0.15, 0.2) is 5.76 Å². The molecule has 0 aliphatic heterocycles. The molecule has 2 heterocycles. The van der Waals surface area contributed by atoms with E-state index in [0.717, 1.165) is 10.8 Å². The molecule has 2 aromatic rings. The molecular weight excluding hydrogens is 244 g/mol. The Morgan fingerprint density at radius 3 is 2.83 bits per heavy atom. The van der Waals surface area contributed by atoms with Crippen LogP contribution in [0.4, 0.5) is 5.69 Å². The van der Waals surface area contributed by atoms with Crippen molar-refractivity contribution in [3.63, 3.8) is 0 Å². The van der Waals surface area contributed by atoms with Crippen LogP contribution in [-0.4, -0.2) is 19.6 Å². The highest BCUT2D eigenvalue weighted by molar-refractivity contribution is 5.21. The fourth-order valence-corrected chi connectivity index (χ4v) is 1.40. The zero-order valence-electron chi connectivity index (χ0n) is 9.24. The molecule has 1 N–H and O–H groups in total. The van der Waals surface area contributed by atoms with Crippen LogP contribution < -0.4 is 11.2 Å². The molecule has 0 amide bonds. The maximum Gasteiger partial charge on any atom is 0.350 e. The SMILES string of the molecule is Cc1cc(Cn2cc([N+](=O)[O-])c(=O)[nH]c2=O)on1. The zero-order valence-corrected chi connectivity index (χ0v) is 9.24. The van der Waals surface area contributed by atoms with Crippen molar-refractivity contribution in [3.05, 3.63) is 54.7 Å². The predicted molar refractivity (Wildman–Crippen MR) is 58.3 cm³/mol. The van der Waals surface area contributed by atoms with Gasteiger partial charge in [-0.15, -0.1) is 0 Å². The van der Waals surface area contributed by atoms with Gasteiger partial charge in [-0.25, -0.2) is 4.79 Å². The standard InChI is InChI=1S/C9H8N4O5/c1-5-2-6(18-11-5)3-12-4-7(13(16)17)8(14)10-9(12)15/h2,4H,3H2,1H3,(H,10,14,15). The summed E-state index contributed by atoms with van der Waals surface area (Å²) in [7, 11) is 0. The fraction of sp³-hybridized carbons (Fsp3) is 0.222. The largest absolute Gasteiger partial charge is 0.359 e. The third-order valence-electron chi connectivity index (χ3n) is 2.19. The van der Waals surface area contributed by atoms with Gasteiger partial charge < -0.3 is 4.52 Å². The molecule has 2 rings (SSSR count). The van der Waals surface area contributed by atoms with E-state index in [1.54, 1.807) is 13.0 Å². The molecule has 94 valence electrons. The second-order valence-electron chi connectivity index (χ2n) is 3.59. The van der Waals surface area contributed by atoms with Gasteiger partial charge in [0.05, 0.1) is 23.4 Å². The molecule has 0 radical (unpaired) electrons. The molecular formula is C9H8N4O5. The number of nitro groups is 1. The smallest absolute Gasteiger partial charge is 0.350 e. The summed E-state index contributed by atoms with van der Waals surface area (Å²) in [5, 5.41) is 14.2. The Balaban J connectivity index is 2.45. The first kappa shape index (κ1) is 11.8. The molecule has 0 spiro atoms. The van der Waals surface area contributed by atoms with E-state index in [1.807, 2.05) is 4.98 Å². The quantitative estimate of drug-likeness (QED) is 0.595. The number of aromatic nitrogens is 3.